The van der Waals surface area contributed by atoms with E-state index in [1.165, 1.54) is 0 Å². The molecule has 5 nitrogen and oxygen atoms in total. The number of rotatable bonds is 6. The molecule has 2 rings (SSSR count). The lowest BCUT2D eigenvalue weighted by Crippen LogP contribution is -2.04. The number of aromatic hydroxyl groups is 1. The molecule has 0 spiro atoms. The number of halogens is 1. The molecule has 0 amide bonds. The number of nitrogens with zero attached hydrogens (tertiary/aromatic N) is 1. The number of aliphatic hydroxyl groups is 1. The third kappa shape index (κ3) is 4.11. The van der Waals surface area contributed by atoms with Crippen LogP contribution in [0.3, 0.4) is 0 Å². The first-order chi connectivity index (χ1) is 9.69. The van der Waals surface area contributed by atoms with E-state index in [0.717, 1.165) is 15.7 Å². The highest BCUT2D eigenvalue weighted by molar-refractivity contribution is 9.10. The maximum Gasteiger partial charge on any atom is 0.213 e. The topological polar surface area (TPSA) is 74.6 Å². The van der Waals surface area contributed by atoms with E-state index in [9.17, 15) is 5.11 Å². The number of ether oxygens (including phenoxy) is 1. The smallest absolute Gasteiger partial charge is 0.213 e. The number of anilines is 1. The summed E-state index contributed by atoms with van der Waals surface area (Å²) in [5, 5.41) is 21.3. The second-order valence-corrected chi connectivity index (χ2v) is 4.94. The molecule has 0 saturated heterocycles. The fourth-order valence-electron chi connectivity index (χ4n) is 1.61. The van der Waals surface area contributed by atoms with Crippen LogP contribution in [0.15, 0.2) is 41.0 Å². The van der Waals surface area contributed by atoms with E-state index in [2.05, 4.69) is 26.2 Å². The number of nitrogens with one attached hydrogen (secondary N) is 1. The van der Waals surface area contributed by atoms with Crippen molar-refractivity contribution in [3.63, 3.8) is 0 Å². The second-order valence-electron chi connectivity index (χ2n) is 4.09. The van der Waals surface area contributed by atoms with Gasteiger partial charge in [-0.2, -0.15) is 0 Å². The van der Waals surface area contributed by atoms with Crippen LogP contribution in [0.5, 0.6) is 11.6 Å². The summed E-state index contributed by atoms with van der Waals surface area (Å²) in [4.78, 5) is 4.11. The van der Waals surface area contributed by atoms with E-state index in [1.54, 1.807) is 30.5 Å². The van der Waals surface area contributed by atoms with Gasteiger partial charge in [0.25, 0.3) is 0 Å². The number of phenolic OH excluding ortho intramolecular Hbond substituents is 1. The largest absolute Gasteiger partial charge is 0.508 e. The molecule has 0 aliphatic rings. The summed E-state index contributed by atoms with van der Waals surface area (Å²) < 4.78 is 6.11. The van der Waals surface area contributed by atoms with E-state index in [1.807, 2.05) is 6.07 Å². The van der Waals surface area contributed by atoms with Crippen molar-refractivity contribution >= 4 is 21.6 Å². The van der Waals surface area contributed by atoms with Crippen molar-refractivity contribution in [1.29, 1.82) is 0 Å². The molecule has 0 aliphatic carbocycles. The van der Waals surface area contributed by atoms with Gasteiger partial charge in [-0.05, 0) is 29.8 Å². The van der Waals surface area contributed by atoms with Gasteiger partial charge >= 0.3 is 0 Å². The number of aliphatic hydroxyl groups excluding tert-OH is 1. The van der Waals surface area contributed by atoms with Crippen molar-refractivity contribution in [2.24, 2.45) is 0 Å². The van der Waals surface area contributed by atoms with Crippen LogP contribution in [0.1, 0.15) is 5.56 Å². The Kier molecular flexibility index (Phi) is 5.20. The van der Waals surface area contributed by atoms with Crippen molar-refractivity contribution in [1.82, 2.24) is 4.98 Å². The van der Waals surface area contributed by atoms with Gasteiger partial charge in [-0.25, -0.2) is 4.98 Å². The van der Waals surface area contributed by atoms with Crippen LogP contribution in [-0.4, -0.2) is 28.4 Å². The molecular weight excluding hydrogens is 324 g/mol. The quantitative estimate of drug-likeness (QED) is 0.754. The van der Waals surface area contributed by atoms with Gasteiger partial charge in [0.05, 0.1) is 18.5 Å². The van der Waals surface area contributed by atoms with Crippen molar-refractivity contribution in [2.75, 3.05) is 18.5 Å². The Balaban J connectivity index is 1.95. The number of pyridine rings is 1. The van der Waals surface area contributed by atoms with E-state index in [4.69, 9.17) is 9.84 Å². The maximum absolute atomic E-state index is 9.46. The molecule has 0 radical (unpaired) electrons. The lowest BCUT2D eigenvalue weighted by atomic mass is 10.2. The zero-order valence-electron chi connectivity index (χ0n) is 10.7. The summed E-state index contributed by atoms with van der Waals surface area (Å²) in [6, 6.07) is 8.70. The van der Waals surface area contributed by atoms with Crippen LogP contribution in [0.4, 0.5) is 5.69 Å². The molecule has 0 fully saturated rings. The summed E-state index contributed by atoms with van der Waals surface area (Å²) >= 11 is 3.43. The number of hydrogen-bond donors (Lipinski definition) is 3. The van der Waals surface area contributed by atoms with Gasteiger partial charge in [0.2, 0.25) is 5.88 Å². The highest BCUT2D eigenvalue weighted by Crippen LogP contribution is 2.22. The molecule has 0 atom stereocenters. The first-order valence-electron chi connectivity index (χ1n) is 6.10. The normalized spacial score (nSPS) is 10.3. The Hall–Kier alpha value is -1.79. The monoisotopic (exact) mass is 338 g/mol. The molecule has 3 N–H and O–H groups in total. The van der Waals surface area contributed by atoms with Gasteiger partial charge < -0.3 is 20.3 Å². The van der Waals surface area contributed by atoms with Crippen LogP contribution in [-0.2, 0) is 6.54 Å². The number of hydrogen-bond acceptors (Lipinski definition) is 5. The zero-order valence-corrected chi connectivity index (χ0v) is 12.3. The number of benzene rings is 1. The predicted octanol–water partition coefficient (Wildman–Crippen LogP) is 2.53. The standard InChI is InChI=1S/C14H15BrN2O3/c15-13-3-2-12(19)7-10(13)8-16-11-1-4-14(17-9-11)20-6-5-18/h1-4,7,9,16,18-19H,5-6,8H2. The second kappa shape index (κ2) is 7.12. The molecule has 1 aromatic carbocycles. The maximum atomic E-state index is 9.46. The SMILES string of the molecule is OCCOc1ccc(NCc2cc(O)ccc2Br)cn1. The highest BCUT2D eigenvalue weighted by Gasteiger charge is 2.02. The minimum Gasteiger partial charge on any atom is -0.508 e. The first kappa shape index (κ1) is 14.6. The summed E-state index contributed by atoms with van der Waals surface area (Å²) in [5.74, 6) is 0.707. The van der Waals surface area contributed by atoms with Crippen LogP contribution < -0.4 is 10.1 Å². The molecule has 0 unspecified atom stereocenters. The minimum atomic E-state index is -0.0345. The fraction of sp³-hybridized carbons (Fsp3) is 0.214. The average molecular weight is 339 g/mol. The fourth-order valence-corrected chi connectivity index (χ4v) is 2.00. The Labute approximate surface area is 125 Å². The van der Waals surface area contributed by atoms with Crippen LogP contribution in [0.2, 0.25) is 0 Å². The highest BCUT2D eigenvalue weighted by atomic mass is 79.9. The lowest BCUT2D eigenvalue weighted by Gasteiger charge is -2.09. The molecule has 2 aromatic rings. The minimum absolute atomic E-state index is 0.0345. The summed E-state index contributed by atoms with van der Waals surface area (Å²) in [6.07, 6.45) is 1.66. The molecule has 1 heterocycles. The van der Waals surface area contributed by atoms with Crippen LogP contribution in [0.25, 0.3) is 0 Å². The van der Waals surface area contributed by atoms with Gasteiger partial charge in [0, 0.05) is 17.1 Å². The molecule has 1 aromatic heterocycles. The summed E-state index contributed by atoms with van der Waals surface area (Å²) in [5.41, 5.74) is 1.79. The number of aromatic nitrogens is 1. The molecule has 20 heavy (non-hydrogen) atoms. The Morgan fingerprint density at radius 2 is 2.10 bits per heavy atom. The summed E-state index contributed by atoms with van der Waals surface area (Å²) in [6.45, 7) is 0.761. The van der Waals surface area contributed by atoms with Crippen LogP contribution in [0, 0.1) is 0 Å². The van der Waals surface area contributed by atoms with E-state index < -0.39 is 0 Å². The Bertz CT molecular complexity index is 561. The van der Waals surface area contributed by atoms with Gasteiger partial charge in [0.1, 0.15) is 12.4 Å². The van der Waals surface area contributed by atoms with Crippen molar-refractivity contribution in [3.05, 3.63) is 46.6 Å². The van der Waals surface area contributed by atoms with E-state index in [-0.39, 0.29) is 19.0 Å². The van der Waals surface area contributed by atoms with Crippen molar-refractivity contribution in [2.45, 2.75) is 6.54 Å². The van der Waals surface area contributed by atoms with Crippen molar-refractivity contribution in [3.8, 4) is 11.6 Å². The van der Waals surface area contributed by atoms with Gasteiger partial charge in [-0.3, -0.25) is 0 Å². The molecule has 0 bridgehead atoms. The molecule has 0 aliphatic heterocycles. The number of phenols is 1. The average Bonchev–Trinajstić information content (AvgIpc) is 2.47. The molecular formula is C14H15BrN2O3. The van der Waals surface area contributed by atoms with Gasteiger partial charge in [0.15, 0.2) is 0 Å². The van der Waals surface area contributed by atoms with Crippen LogP contribution >= 0.6 is 15.9 Å². The predicted molar refractivity (Wildman–Crippen MR) is 80.0 cm³/mol. The lowest BCUT2D eigenvalue weighted by molar-refractivity contribution is 0.196. The Morgan fingerprint density at radius 3 is 2.80 bits per heavy atom. The first-order valence-corrected chi connectivity index (χ1v) is 6.89. The van der Waals surface area contributed by atoms with Gasteiger partial charge in [-0.1, -0.05) is 15.9 Å². The van der Waals surface area contributed by atoms with Crippen molar-refractivity contribution < 1.29 is 14.9 Å². The molecule has 106 valence electrons. The zero-order chi connectivity index (χ0) is 14.4. The van der Waals surface area contributed by atoms with E-state index >= 15 is 0 Å². The third-order valence-electron chi connectivity index (χ3n) is 2.59. The third-order valence-corrected chi connectivity index (χ3v) is 3.36. The Morgan fingerprint density at radius 1 is 1.25 bits per heavy atom. The van der Waals surface area contributed by atoms with E-state index in [0.29, 0.717) is 12.4 Å². The summed E-state index contributed by atoms with van der Waals surface area (Å²) in [7, 11) is 0. The van der Waals surface area contributed by atoms with Gasteiger partial charge in [-0.15, -0.1) is 0 Å². The molecule has 6 heteroatoms. The molecule has 0 saturated carbocycles.